The van der Waals surface area contributed by atoms with Gasteiger partial charge < -0.3 is 5.32 Å². The summed E-state index contributed by atoms with van der Waals surface area (Å²) in [5, 5.41) is 11.1. The van der Waals surface area contributed by atoms with Crippen LogP contribution in [0.4, 0.5) is 13.2 Å². The molecule has 2 heterocycles. The summed E-state index contributed by atoms with van der Waals surface area (Å²) in [6.45, 7) is 1.35. The highest BCUT2D eigenvalue weighted by atomic mass is 35.5. The molecule has 3 nitrogen and oxygen atoms in total. The van der Waals surface area contributed by atoms with Gasteiger partial charge in [-0.05, 0) is 52.6 Å². The molecule has 1 aliphatic heterocycles. The van der Waals surface area contributed by atoms with Crippen LogP contribution in [0.1, 0.15) is 22.4 Å². The van der Waals surface area contributed by atoms with Gasteiger partial charge in [0, 0.05) is 23.7 Å². The van der Waals surface area contributed by atoms with Crippen LogP contribution >= 0.6 is 11.6 Å². The Morgan fingerprint density at radius 2 is 1.64 bits per heavy atom. The normalized spacial score (nSPS) is 14.2. The zero-order chi connectivity index (χ0) is 19.7. The lowest BCUT2D eigenvalue weighted by molar-refractivity contribution is -0.141. The molecule has 0 amide bonds. The Morgan fingerprint density at radius 3 is 2.32 bits per heavy atom. The summed E-state index contributed by atoms with van der Waals surface area (Å²) in [6.07, 6.45) is -2.38. The lowest BCUT2D eigenvalue weighted by atomic mass is 9.92. The Balaban J connectivity index is 1.71. The van der Waals surface area contributed by atoms with E-state index in [1.165, 1.54) is 6.07 Å². The van der Waals surface area contributed by atoms with Crippen LogP contribution in [-0.4, -0.2) is 16.7 Å². The monoisotopic (exact) mass is 401 g/mol. The lowest BCUT2D eigenvalue weighted by Crippen LogP contribution is -2.11. The van der Waals surface area contributed by atoms with Crippen molar-refractivity contribution in [2.45, 2.75) is 12.7 Å². The van der Waals surface area contributed by atoms with E-state index in [1.54, 1.807) is 0 Å². The molecule has 7 heteroatoms. The van der Waals surface area contributed by atoms with Gasteiger partial charge in [0.1, 0.15) is 0 Å². The Labute approximate surface area is 164 Å². The van der Waals surface area contributed by atoms with Gasteiger partial charge in [-0.3, -0.25) is 0 Å². The first-order valence-corrected chi connectivity index (χ1v) is 9.01. The number of halogens is 4. The van der Waals surface area contributed by atoms with Gasteiger partial charge in [-0.25, -0.2) is 0 Å². The van der Waals surface area contributed by atoms with E-state index in [1.807, 2.05) is 42.5 Å². The molecule has 0 spiro atoms. The zero-order valence-electron chi connectivity index (χ0n) is 14.6. The van der Waals surface area contributed by atoms with Gasteiger partial charge in [-0.2, -0.15) is 13.2 Å². The van der Waals surface area contributed by atoms with Crippen molar-refractivity contribution in [3.63, 3.8) is 0 Å². The van der Waals surface area contributed by atoms with Crippen LogP contribution in [0.2, 0.25) is 5.02 Å². The third-order valence-electron chi connectivity index (χ3n) is 4.57. The summed E-state index contributed by atoms with van der Waals surface area (Å²) in [6, 6.07) is 15.7. The van der Waals surface area contributed by atoms with Gasteiger partial charge in [-0.1, -0.05) is 41.9 Å². The number of alkyl halides is 3. The molecule has 0 saturated carbocycles. The average Bonchev–Trinajstić information content (AvgIpc) is 2.90. The summed E-state index contributed by atoms with van der Waals surface area (Å²) in [4.78, 5) is 0. The van der Waals surface area contributed by atoms with Gasteiger partial charge in [-0.15, -0.1) is 10.2 Å². The zero-order valence-corrected chi connectivity index (χ0v) is 15.3. The van der Waals surface area contributed by atoms with Crippen LogP contribution in [0, 0.1) is 0 Å². The van der Waals surface area contributed by atoms with Crippen LogP contribution in [0.3, 0.4) is 0 Å². The molecule has 1 aliphatic rings. The standard InChI is InChI=1S/C21H15ClF3N3/c22-16-4-1-13(2-5-16)18-9-10-26-12-15-11-14(3-6-17(15)18)19-7-8-20(28-27-19)21(23,24)25/h1-9,11,26H,10,12H2. The highest BCUT2D eigenvalue weighted by Gasteiger charge is 2.32. The van der Waals surface area contributed by atoms with E-state index in [2.05, 4.69) is 21.6 Å². The van der Waals surface area contributed by atoms with Crippen molar-refractivity contribution in [3.05, 3.63) is 88.1 Å². The molecule has 0 aliphatic carbocycles. The largest absolute Gasteiger partial charge is 0.435 e. The number of benzene rings is 2. The molecule has 0 fully saturated rings. The maximum Gasteiger partial charge on any atom is 0.435 e. The third-order valence-corrected chi connectivity index (χ3v) is 4.82. The molecule has 142 valence electrons. The van der Waals surface area contributed by atoms with Crippen LogP contribution < -0.4 is 5.32 Å². The summed E-state index contributed by atoms with van der Waals surface area (Å²) in [7, 11) is 0. The minimum absolute atomic E-state index is 0.400. The fraction of sp³-hybridized carbons (Fsp3) is 0.143. The molecule has 0 bridgehead atoms. The van der Waals surface area contributed by atoms with Crippen molar-refractivity contribution in [2.24, 2.45) is 0 Å². The Bertz CT molecular complexity index is 1030. The van der Waals surface area contributed by atoms with Gasteiger partial charge in [0.25, 0.3) is 0 Å². The number of rotatable bonds is 2. The molecule has 1 N–H and O–H groups in total. The molecular formula is C21H15ClF3N3. The molecule has 0 unspecified atom stereocenters. The minimum atomic E-state index is -4.50. The number of hydrogen-bond donors (Lipinski definition) is 1. The molecule has 0 radical (unpaired) electrons. The van der Waals surface area contributed by atoms with Crippen LogP contribution in [0.5, 0.6) is 0 Å². The number of hydrogen-bond acceptors (Lipinski definition) is 3. The van der Waals surface area contributed by atoms with Crippen LogP contribution in [0.15, 0.2) is 60.7 Å². The molecule has 2 aromatic carbocycles. The van der Waals surface area contributed by atoms with Crippen molar-refractivity contribution in [2.75, 3.05) is 6.54 Å². The highest BCUT2D eigenvalue weighted by molar-refractivity contribution is 6.30. The van der Waals surface area contributed by atoms with Crippen molar-refractivity contribution >= 4 is 17.2 Å². The van der Waals surface area contributed by atoms with Gasteiger partial charge in [0.05, 0.1) is 5.69 Å². The van der Waals surface area contributed by atoms with Crippen LogP contribution in [-0.2, 0) is 12.7 Å². The second-order valence-electron chi connectivity index (χ2n) is 6.43. The van der Waals surface area contributed by atoms with E-state index in [4.69, 9.17) is 11.6 Å². The van der Waals surface area contributed by atoms with E-state index in [9.17, 15) is 13.2 Å². The second-order valence-corrected chi connectivity index (χ2v) is 6.87. The molecular weight excluding hydrogens is 387 g/mol. The van der Waals surface area contributed by atoms with Crippen molar-refractivity contribution in [3.8, 4) is 11.3 Å². The smallest absolute Gasteiger partial charge is 0.309 e. The summed E-state index contributed by atoms with van der Waals surface area (Å²) in [5.74, 6) is 0. The molecule has 3 aromatic rings. The van der Waals surface area contributed by atoms with E-state index in [0.717, 1.165) is 33.9 Å². The molecule has 0 atom stereocenters. The molecule has 28 heavy (non-hydrogen) atoms. The average molecular weight is 402 g/mol. The van der Waals surface area contributed by atoms with Gasteiger partial charge in [0.2, 0.25) is 0 Å². The Morgan fingerprint density at radius 1 is 0.893 bits per heavy atom. The maximum atomic E-state index is 12.7. The molecule has 1 aromatic heterocycles. The Hall–Kier alpha value is -2.70. The lowest BCUT2D eigenvalue weighted by Gasteiger charge is -2.13. The van der Waals surface area contributed by atoms with Gasteiger partial charge in [0.15, 0.2) is 5.69 Å². The minimum Gasteiger partial charge on any atom is -0.309 e. The summed E-state index contributed by atoms with van der Waals surface area (Å²) in [5.41, 5.74) is 4.36. The van der Waals surface area contributed by atoms with Crippen molar-refractivity contribution in [1.82, 2.24) is 15.5 Å². The first kappa shape index (κ1) is 18.7. The molecule has 0 saturated heterocycles. The second kappa shape index (κ2) is 7.37. The summed E-state index contributed by atoms with van der Waals surface area (Å²) >= 11 is 6.00. The van der Waals surface area contributed by atoms with E-state index in [-0.39, 0.29) is 0 Å². The quantitative estimate of drug-likeness (QED) is 0.629. The van der Waals surface area contributed by atoms with E-state index < -0.39 is 11.9 Å². The van der Waals surface area contributed by atoms with E-state index >= 15 is 0 Å². The van der Waals surface area contributed by atoms with Crippen molar-refractivity contribution < 1.29 is 13.2 Å². The van der Waals surface area contributed by atoms with Crippen molar-refractivity contribution in [1.29, 1.82) is 0 Å². The highest BCUT2D eigenvalue weighted by Crippen LogP contribution is 2.32. The van der Waals surface area contributed by atoms with Crippen LogP contribution in [0.25, 0.3) is 16.8 Å². The SMILES string of the molecule is FC(F)(F)c1ccc(-c2ccc3c(c2)CNCC=C3c2ccc(Cl)cc2)nn1. The third kappa shape index (κ3) is 3.79. The van der Waals surface area contributed by atoms with Gasteiger partial charge >= 0.3 is 6.18 Å². The predicted molar refractivity (Wildman–Crippen MR) is 103 cm³/mol. The molecule has 4 rings (SSSR count). The fourth-order valence-corrected chi connectivity index (χ4v) is 3.32. The fourth-order valence-electron chi connectivity index (χ4n) is 3.19. The number of fused-ring (bicyclic) bond motifs is 1. The van der Waals surface area contributed by atoms with E-state index in [0.29, 0.717) is 23.8 Å². The summed E-state index contributed by atoms with van der Waals surface area (Å²) < 4.78 is 38.1. The number of nitrogens with one attached hydrogen (secondary N) is 1. The number of aromatic nitrogens is 2. The Kier molecular flexibility index (Phi) is 4.91. The predicted octanol–water partition coefficient (Wildman–Crippen LogP) is 5.35. The first-order valence-electron chi connectivity index (χ1n) is 8.63. The number of nitrogens with zero attached hydrogens (tertiary/aromatic N) is 2. The maximum absolute atomic E-state index is 12.7. The first-order chi connectivity index (χ1) is 13.4. The topological polar surface area (TPSA) is 37.8 Å².